The number of rotatable bonds is 6. The first kappa shape index (κ1) is 14.6. The van der Waals surface area contributed by atoms with E-state index < -0.39 is 0 Å². The van der Waals surface area contributed by atoms with Crippen molar-refractivity contribution in [1.82, 2.24) is 5.32 Å². The molecular weight excluding hydrogens is 246 g/mol. The SMILES string of the molecule is CCNCc1cc(C)ccc1Oc1ccc(CC)cc1. The van der Waals surface area contributed by atoms with Gasteiger partial charge >= 0.3 is 0 Å². The fourth-order valence-corrected chi connectivity index (χ4v) is 2.13. The summed E-state index contributed by atoms with van der Waals surface area (Å²) in [7, 11) is 0. The highest BCUT2D eigenvalue weighted by Crippen LogP contribution is 2.26. The Bertz CT molecular complexity index is 546. The molecule has 0 aromatic heterocycles. The highest BCUT2D eigenvalue weighted by Gasteiger charge is 2.05. The van der Waals surface area contributed by atoms with E-state index in [1.165, 1.54) is 16.7 Å². The maximum atomic E-state index is 6.02. The minimum absolute atomic E-state index is 0.834. The van der Waals surface area contributed by atoms with E-state index in [2.05, 4.69) is 56.4 Å². The molecule has 0 saturated carbocycles. The second-order valence-electron chi connectivity index (χ2n) is 4.99. The van der Waals surface area contributed by atoms with Gasteiger partial charge in [0, 0.05) is 12.1 Å². The van der Waals surface area contributed by atoms with Crippen molar-refractivity contribution in [1.29, 1.82) is 0 Å². The third-order valence-corrected chi connectivity index (χ3v) is 3.34. The molecule has 0 radical (unpaired) electrons. The molecule has 20 heavy (non-hydrogen) atoms. The molecule has 0 heterocycles. The smallest absolute Gasteiger partial charge is 0.131 e. The van der Waals surface area contributed by atoms with Crippen LogP contribution < -0.4 is 10.1 Å². The average Bonchev–Trinajstić information content (AvgIpc) is 2.48. The number of aryl methyl sites for hydroxylation is 2. The predicted octanol–water partition coefficient (Wildman–Crippen LogP) is 4.46. The number of hydrogen-bond acceptors (Lipinski definition) is 2. The highest BCUT2D eigenvalue weighted by atomic mass is 16.5. The van der Waals surface area contributed by atoms with Crippen LogP contribution in [0.4, 0.5) is 0 Å². The normalized spacial score (nSPS) is 10.6. The molecule has 2 aromatic carbocycles. The Balaban J connectivity index is 2.18. The van der Waals surface area contributed by atoms with Crippen molar-refractivity contribution < 1.29 is 4.74 Å². The van der Waals surface area contributed by atoms with E-state index in [-0.39, 0.29) is 0 Å². The molecule has 0 spiro atoms. The largest absolute Gasteiger partial charge is 0.457 e. The summed E-state index contributed by atoms with van der Waals surface area (Å²) >= 11 is 0. The van der Waals surface area contributed by atoms with Gasteiger partial charge in [-0.2, -0.15) is 0 Å². The van der Waals surface area contributed by atoms with Crippen molar-refractivity contribution in [2.75, 3.05) is 6.54 Å². The van der Waals surface area contributed by atoms with Gasteiger partial charge in [-0.15, -0.1) is 0 Å². The van der Waals surface area contributed by atoms with Gasteiger partial charge in [0.15, 0.2) is 0 Å². The van der Waals surface area contributed by atoms with Crippen LogP contribution in [0.25, 0.3) is 0 Å². The quantitative estimate of drug-likeness (QED) is 0.836. The van der Waals surface area contributed by atoms with Crippen molar-refractivity contribution in [2.45, 2.75) is 33.7 Å². The Hall–Kier alpha value is -1.80. The zero-order valence-electron chi connectivity index (χ0n) is 12.6. The standard InChI is InChI=1S/C18H23NO/c1-4-15-7-9-17(10-8-15)20-18-11-6-14(3)12-16(18)13-19-5-2/h6-12,19H,4-5,13H2,1-3H3. The summed E-state index contributed by atoms with van der Waals surface area (Å²) < 4.78 is 6.02. The Morgan fingerprint density at radius 1 is 1.00 bits per heavy atom. The van der Waals surface area contributed by atoms with Crippen LogP contribution in [0, 0.1) is 6.92 Å². The van der Waals surface area contributed by atoms with Gasteiger partial charge in [0.1, 0.15) is 11.5 Å². The molecule has 0 aliphatic rings. The van der Waals surface area contributed by atoms with Gasteiger partial charge in [-0.3, -0.25) is 0 Å². The fourth-order valence-electron chi connectivity index (χ4n) is 2.13. The van der Waals surface area contributed by atoms with Crippen LogP contribution >= 0.6 is 0 Å². The maximum absolute atomic E-state index is 6.02. The lowest BCUT2D eigenvalue weighted by molar-refractivity contribution is 0.473. The molecule has 0 bridgehead atoms. The highest BCUT2D eigenvalue weighted by molar-refractivity contribution is 5.40. The first-order valence-electron chi connectivity index (χ1n) is 7.30. The van der Waals surface area contributed by atoms with Gasteiger partial charge in [-0.05, 0) is 43.7 Å². The fraction of sp³-hybridized carbons (Fsp3) is 0.333. The Morgan fingerprint density at radius 2 is 1.75 bits per heavy atom. The topological polar surface area (TPSA) is 21.3 Å². The lowest BCUT2D eigenvalue weighted by atomic mass is 10.1. The minimum atomic E-state index is 0.834. The maximum Gasteiger partial charge on any atom is 0.131 e. The molecule has 0 atom stereocenters. The molecule has 0 aliphatic carbocycles. The molecule has 0 saturated heterocycles. The molecular formula is C18H23NO. The van der Waals surface area contributed by atoms with Crippen molar-refractivity contribution in [3.8, 4) is 11.5 Å². The van der Waals surface area contributed by atoms with E-state index >= 15 is 0 Å². The molecule has 0 aliphatic heterocycles. The van der Waals surface area contributed by atoms with Crippen LogP contribution in [0.2, 0.25) is 0 Å². The molecule has 106 valence electrons. The summed E-state index contributed by atoms with van der Waals surface area (Å²) in [6, 6.07) is 14.6. The van der Waals surface area contributed by atoms with Crippen LogP contribution in [-0.2, 0) is 13.0 Å². The number of hydrogen-bond donors (Lipinski definition) is 1. The first-order valence-corrected chi connectivity index (χ1v) is 7.30. The van der Waals surface area contributed by atoms with Crippen LogP contribution in [0.3, 0.4) is 0 Å². The minimum Gasteiger partial charge on any atom is -0.457 e. The molecule has 2 rings (SSSR count). The van der Waals surface area contributed by atoms with Crippen LogP contribution in [-0.4, -0.2) is 6.54 Å². The lowest BCUT2D eigenvalue weighted by Crippen LogP contribution is -2.12. The lowest BCUT2D eigenvalue weighted by Gasteiger charge is -2.13. The van der Waals surface area contributed by atoms with Gasteiger partial charge in [0.05, 0.1) is 0 Å². The Labute approximate surface area is 121 Å². The zero-order valence-corrected chi connectivity index (χ0v) is 12.6. The monoisotopic (exact) mass is 269 g/mol. The summed E-state index contributed by atoms with van der Waals surface area (Å²) in [5.74, 6) is 1.82. The van der Waals surface area contributed by atoms with E-state index in [1.54, 1.807) is 0 Å². The van der Waals surface area contributed by atoms with Crippen LogP contribution in [0.15, 0.2) is 42.5 Å². The van der Waals surface area contributed by atoms with Crippen molar-refractivity contribution in [3.05, 3.63) is 59.2 Å². The van der Waals surface area contributed by atoms with E-state index in [0.717, 1.165) is 31.0 Å². The van der Waals surface area contributed by atoms with Crippen LogP contribution in [0.1, 0.15) is 30.5 Å². The third kappa shape index (κ3) is 3.84. The Morgan fingerprint density at radius 3 is 2.40 bits per heavy atom. The summed E-state index contributed by atoms with van der Waals surface area (Å²) in [5, 5.41) is 3.36. The van der Waals surface area contributed by atoms with E-state index in [4.69, 9.17) is 4.74 Å². The van der Waals surface area contributed by atoms with Gasteiger partial charge in [0.2, 0.25) is 0 Å². The predicted molar refractivity (Wildman–Crippen MR) is 84.5 cm³/mol. The first-order chi connectivity index (χ1) is 9.72. The summed E-state index contributed by atoms with van der Waals surface area (Å²) in [5.41, 5.74) is 3.78. The summed E-state index contributed by atoms with van der Waals surface area (Å²) in [4.78, 5) is 0. The second kappa shape index (κ2) is 7.11. The zero-order chi connectivity index (χ0) is 14.4. The van der Waals surface area contributed by atoms with Gasteiger partial charge < -0.3 is 10.1 Å². The van der Waals surface area contributed by atoms with E-state index in [0.29, 0.717) is 0 Å². The molecule has 0 fully saturated rings. The molecule has 1 N–H and O–H groups in total. The number of ether oxygens (including phenoxy) is 1. The molecule has 0 unspecified atom stereocenters. The number of nitrogens with one attached hydrogen (secondary N) is 1. The third-order valence-electron chi connectivity index (χ3n) is 3.34. The van der Waals surface area contributed by atoms with E-state index in [9.17, 15) is 0 Å². The van der Waals surface area contributed by atoms with Crippen molar-refractivity contribution in [3.63, 3.8) is 0 Å². The molecule has 0 amide bonds. The molecule has 2 nitrogen and oxygen atoms in total. The Kier molecular flexibility index (Phi) is 5.19. The summed E-state index contributed by atoms with van der Waals surface area (Å²) in [6.45, 7) is 8.17. The van der Waals surface area contributed by atoms with E-state index in [1.807, 2.05) is 12.1 Å². The average molecular weight is 269 g/mol. The number of benzene rings is 2. The molecule has 2 aromatic rings. The van der Waals surface area contributed by atoms with Crippen molar-refractivity contribution >= 4 is 0 Å². The van der Waals surface area contributed by atoms with Crippen LogP contribution in [0.5, 0.6) is 11.5 Å². The van der Waals surface area contributed by atoms with Gasteiger partial charge in [-0.25, -0.2) is 0 Å². The molecule has 2 heteroatoms. The van der Waals surface area contributed by atoms with Crippen molar-refractivity contribution in [2.24, 2.45) is 0 Å². The summed E-state index contributed by atoms with van der Waals surface area (Å²) in [6.07, 6.45) is 1.05. The second-order valence-corrected chi connectivity index (χ2v) is 4.99. The van der Waals surface area contributed by atoms with Gasteiger partial charge in [-0.1, -0.05) is 43.7 Å². The van der Waals surface area contributed by atoms with Gasteiger partial charge in [0.25, 0.3) is 0 Å².